The van der Waals surface area contributed by atoms with Gasteiger partial charge in [0.2, 0.25) is 0 Å². The molecule has 1 aromatic heterocycles. The predicted molar refractivity (Wildman–Crippen MR) is 143 cm³/mol. The number of rotatable bonds is 7. The van der Waals surface area contributed by atoms with E-state index in [9.17, 15) is 14.7 Å². The van der Waals surface area contributed by atoms with E-state index in [1.165, 1.54) is 0 Å². The normalized spacial score (nSPS) is 12.7. The molecule has 0 unspecified atom stereocenters. The van der Waals surface area contributed by atoms with Gasteiger partial charge in [0.15, 0.2) is 17.3 Å². The molecule has 0 radical (unpaired) electrons. The van der Waals surface area contributed by atoms with E-state index in [2.05, 4.69) is 10.6 Å². The van der Waals surface area contributed by atoms with Crippen LogP contribution in [0.25, 0.3) is 11.0 Å². The number of aliphatic hydroxyl groups is 1. The molecule has 0 saturated carbocycles. The third-order valence-electron chi connectivity index (χ3n) is 5.85. The Balaban J connectivity index is 1.28. The van der Waals surface area contributed by atoms with Gasteiger partial charge in [0, 0.05) is 22.3 Å². The summed E-state index contributed by atoms with van der Waals surface area (Å²) in [5.41, 5.74) is 1.85. The van der Waals surface area contributed by atoms with Crippen molar-refractivity contribution in [3.8, 4) is 17.2 Å². The molecule has 9 nitrogen and oxygen atoms in total. The van der Waals surface area contributed by atoms with E-state index in [1.54, 1.807) is 74.5 Å². The first kappa shape index (κ1) is 25.2. The molecular formula is C29H28N2O7. The van der Waals surface area contributed by atoms with Crippen LogP contribution >= 0.6 is 0 Å². The minimum atomic E-state index is -0.966. The molecule has 3 N–H and O–H groups in total. The minimum Gasteiger partial charge on any atom is -0.491 e. The summed E-state index contributed by atoms with van der Waals surface area (Å²) < 4.78 is 22.4. The van der Waals surface area contributed by atoms with Gasteiger partial charge in [-0.2, -0.15) is 0 Å². The molecular weight excluding hydrogens is 488 g/mol. The molecule has 0 fully saturated rings. The monoisotopic (exact) mass is 516 g/mol. The summed E-state index contributed by atoms with van der Waals surface area (Å²) >= 11 is 0. The number of ether oxygens (including phenoxy) is 3. The fourth-order valence-electron chi connectivity index (χ4n) is 3.89. The van der Waals surface area contributed by atoms with Crippen molar-refractivity contribution in [2.24, 2.45) is 0 Å². The van der Waals surface area contributed by atoms with Crippen molar-refractivity contribution in [3.05, 3.63) is 77.6 Å². The summed E-state index contributed by atoms with van der Waals surface area (Å²) in [6.45, 7) is 6.21. The second kappa shape index (κ2) is 10.1. The number of carbonyl (C=O) groups excluding carboxylic acids is 2. The van der Waals surface area contributed by atoms with Gasteiger partial charge in [-0.15, -0.1) is 0 Å². The molecule has 9 heteroatoms. The zero-order chi connectivity index (χ0) is 26.9. The molecule has 4 aromatic rings. The maximum atomic E-state index is 13.0. The molecule has 5 rings (SSSR count). The van der Waals surface area contributed by atoms with E-state index < -0.39 is 11.5 Å². The quantitative estimate of drug-likeness (QED) is 0.310. The van der Waals surface area contributed by atoms with E-state index in [-0.39, 0.29) is 18.3 Å². The summed E-state index contributed by atoms with van der Waals surface area (Å²) in [6, 6.07) is 17.1. The lowest BCUT2D eigenvalue weighted by Gasteiger charge is -2.18. The van der Waals surface area contributed by atoms with E-state index in [0.717, 1.165) is 5.56 Å². The van der Waals surface area contributed by atoms with Crippen LogP contribution in [0.5, 0.6) is 17.2 Å². The summed E-state index contributed by atoms with van der Waals surface area (Å²) in [5.74, 6) is 1.08. The van der Waals surface area contributed by atoms with E-state index in [0.29, 0.717) is 58.4 Å². The number of hydrogen-bond acceptors (Lipinski definition) is 7. The van der Waals surface area contributed by atoms with E-state index in [4.69, 9.17) is 18.6 Å². The Labute approximate surface area is 219 Å². The highest BCUT2D eigenvalue weighted by atomic mass is 16.6. The first-order valence-electron chi connectivity index (χ1n) is 12.2. The molecule has 0 atom stereocenters. The van der Waals surface area contributed by atoms with Gasteiger partial charge in [-0.1, -0.05) is 6.07 Å². The van der Waals surface area contributed by atoms with Crippen LogP contribution < -0.4 is 24.8 Å². The Morgan fingerprint density at radius 2 is 1.71 bits per heavy atom. The SMILES string of the molecule is Cc1ccc(NC(=O)c2ccc3c(c2)OCCO3)cc1NC(=O)c1cc2cc(OCC(C)(C)O)ccc2o1. The van der Waals surface area contributed by atoms with Crippen LogP contribution in [-0.2, 0) is 0 Å². The Kier molecular flexibility index (Phi) is 6.69. The number of anilines is 2. The van der Waals surface area contributed by atoms with Gasteiger partial charge in [0.25, 0.3) is 11.8 Å². The fraction of sp³-hybridized carbons (Fsp3) is 0.241. The van der Waals surface area contributed by atoms with Crippen LogP contribution in [0.2, 0.25) is 0 Å². The van der Waals surface area contributed by atoms with Gasteiger partial charge in [0.1, 0.15) is 31.2 Å². The Bertz CT molecular complexity index is 1520. The number of nitrogens with one attached hydrogen (secondary N) is 2. The molecule has 2 amide bonds. The molecule has 0 spiro atoms. The highest BCUT2D eigenvalue weighted by Crippen LogP contribution is 2.31. The smallest absolute Gasteiger partial charge is 0.291 e. The van der Waals surface area contributed by atoms with Gasteiger partial charge in [-0.05, 0) is 80.9 Å². The summed E-state index contributed by atoms with van der Waals surface area (Å²) in [6.07, 6.45) is 0. The van der Waals surface area contributed by atoms with Crippen LogP contribution in [0.1, 0.15) is 40.3 Å². The molecule has 1 aliphatic heterocycles. The molecule has 1 aliphatic rings. The van der Waals surface area contributed by atoms with Gasteiger partial charge in [-0.25, -0.2) is 0 Å². The van der Waals surface area contributed by atoms with Crippen molar-refractivity contribution in [3.63, 3.8) is 0 Å². The standard InChI is InChI=1S/C29H28N2O7/c1-17-4-6-20(30-27(32)18-5-8-24-25(13-18)36-11-10-35-24)15-22(17)31-28(33)26-14-19-12-21(7-9-23(19)38-26)37-16-29(2,3)34/h4-9,12-15,34H,10-11,16H2,1-3H3,(H,30,32)(H,31,33). The topological polar surface area (TPSA) is 119 Å². The second-order valence-corrected chi connectivity index (χ2v) is 9.71. The Morgan fingerprint density at radius 3 is 2.50 bits per heavy atom. The minimum absolute atomic E-state index is 0.129. The maximum Gasteiger partial charge on any atom is 0.291 e. The molecule has 2 heterocycles. The molecule has 0 aliphatic carbocycles. The third kappa shape index (κ3) is 5.73. The van der Waals surface area contributed by atoms with Gasteiger partial charge < -0.3 is 34.4 Å². The lowest BCUT2D eigenvalue weighted by molar-refractivity contribution is 0.0285. The number of amides is 2. The van der Waals surface area contributed by atoms with E-state index >= 15 is 0 Å². The number of benzene rings is 3. The van der Waals surface area contributed by atoms with Crippen LogP contribution in [0.3, 0.4) is 0 Å². The number of hydrogen-bond donors (Lipinski definition) is 3. The van der Waals surface area contributed by atoms with Crippen molar-refractivity contribution in [2.45, 2.75) is 26.4 Å². The molecule has 38 heavy (non-hydrogen) atoms. The lowest BCUT2D eigenvalue weighted by Crippen LogP contribution is -2.27. The van der Waals surface area contributed by atoms with Crippen molar-refractivity contribution >= 4 is 34.2 Å². The van der Waals surface area contributed by atoms with Crippen molar-refractivity contribution in [1.82, 2.24) is 0 Å². The average molecular weight is 517 g/mol. The number of aryl methyl sites for hydroxylation is 1. The maximum absolute atomic E-state index is 13.0. The third-order valence-corrected chi connectivity index (χ3v) is 5.85. The first-order chi connectivity index (χ1) is 18.1. The molecule has 0 saturated heterocycles. The Hall–Kier alpha value is -4.50. The highest BCUT2D eigenvalue weighted by molar-refractivity contribution is 6.07. The number of fused-ring (bicyclic) bond motifs is 2. The predicted octanol–water partition coefficient (Wildman–Crippen LogP) is 5.17. The first-order valence-corrected chi connectivity index (χ1v) is 12.2. The summed E-state index contributed by atoms with van der Waals surface area (Å²) in [4.78, 5) is 25.8. The van der Waals surface area contributed by atoms with Crippen LogP contribution in [0.15, 0.2) is 65.1 Å². The highest BCUT2D eigenvalue weighted by Gasteiger charge is 2.18. The van der Waals surface area contributed by atoms with Gasteiger partial charge in [-0.3, -0.25) is 9.59 Å². The van der Waals surface area contributed by atoms with Crippen LogP contribution in [0.4, 0.5) is 11.4 Å². The lowest BCUT2D eigenvalue weighted by atomic mass is 10.1. The van der Waals surface area contributed by atoms with E-state index in [1.807, 2.05) is 6.92 Å². The number of carbonyl (C=O) groups is 2. The van der Waals surface area contributed by atoms with Crippen LogP contribution in [-0.4, -0.2) is 42.3 Å². The van der Waals surface area contributed by atoms with Gasteiger partial charge >= 0.3 is 0 Å². The van der Waals surface area contributed by atoms with Gasteiger partial charge in [0.05, 0.1) is 5.60 Å². The zero-order valence-corrected chi connectivity index (χ0v) is 21.3. The average Bonchev–Trinajstić information content (AvgIpc) is 3.32. The molecule has 0 bridgehead atoms. The second-order valence-electron chi connectivity index (χ2n) is 9.71. The Morgan fingerprint density at radius 1 is 0.921 bits per heavy atom. The zero-order valence-electron chi connectivity index (χ0n) is 21.3. The largest absolute Gasteiger partial charge is 0.491 e. The van der Waals surface area contributed by atoms with Crippen LogP contribution in [0, 0.1) is 6.92 Å². The summed E-state index contributed by atoms with van der Waals surface area (Å²) in [5, 5.41) is 16.3. The number of furan rings is 1. The van der Waals surface area contributed by atoms with Crippen molar-refractivity contribution < 1.29 is 33.3 Å². The van der Waals surface area contributed by atoms with Crippen molar-refractivity contribution in [1.29, 1.82) is 0 Å². The molecule has 196 valence electrons. The fourth-order valence-corrected chi connectivity index (χ4v) is 3.89. The summed E-state index contributed by atoms with van der Waals surface area (Å²) in [7, 11) is 0. The molecule has 3 aromatic carbocycles. The van der Waals surface area contributed by atoms with Crippen molar-refractivity contribution in [2.75, 3.05) is 30.5 Å².